The second-order valence-corrected chi connectivity index (χ2v) is 7.88. The Morgan fingerprint density at radius 1 is 1.06 bits per heavy atom. The molecule has 0 saturated carbocycles. The van der Waals surface area contributed by atoms with E-state index >= 15 is 0 Å². The topological polar surface area (TPSA) is 150 Å². The number of hydrogen-bond donors (Lipinski definition) is 2. The number of nitrogens with zero attached hydrogens (tertiary/aromatic N) is 3. The number of non-ortho nitro benzene ring substituents is 1. The van der Waals surface area contributed by atoms with Crippen LogP contribution in [0.4, 0.5) is 10.5 Å². The molecule has 0 aromatic heterocycles. The Morgan fingerprint density at radius 3 is 2.29 bits per heavy atom. The van der Waals surface area contributed by atoms with E-state index in [1.54, 1.807) is 24.3 Å². The highest BCUT2D eigenvalue weighted by Crippen LogP contribution is 2.35. The number of amides is 4. The molecule has 0 bridgehead atoms. The van der Waals surface area contributed by atoms with Gasteiger partial charge in [-0.1, -0.05) is 24.3 Å². The Kier molecular flexibility index (Phi) is 5.84. The molecular formula is C23H20N4O7. The fourth-order valence-corrected chi connectivity index (χ4v) is 4.28. The predicted molar refractivity (Wildman–Crippen MR) is 118 cm³/mol. The molecule has 4 rings (SSSR count). The maximum absolute atomic E-state index is 12.8. The summed E-state index contributed by atoms with van der Waals surface area (Å²) in [5, 5.41) is 23.6. The maximum atomic E-state index is 12.8. The molecule has 11 heteroatoms. The number of urea groups is 1. The second-order valence-electron chi connectivity index (χ2n) is 7.88. The first-order valence-electron chi connectivity index (χ1n) is 10.4. The van der Waals surface area contributed by atoms with Gasteiger partial charge in [-0.3, -0.25) is 24.6 Å². The van der Waals surface area contributed by atoms with E-state index in [0.29, 0.717) is 11.1 Å². The van der Waals surface area contributed by atoms with Crippen molar-refractivity contribution in [3.05, 3.63) is 86.6 Å². The van der Waals surface area contributed by atoms with Crippen LogP contribution in [0.1, 0.15) is 45.7 Å². The lowest BCUT2D eigenvalue weighted by atomic mass is 9.93. The Bertz CT molecular complexity index is 1230. The van der Waals surface area contributed by atoms with Crippen LogP contribution in [0.25, 0.3) is 0 Å². The minimum Gasteiger partial charge on any atom is -0.478 e. The Balaban J connectivity index is 1.60. The molecule has 2 aromatic carbocycles. The van der Waals surface area contributed by atoms with Gasteiger partial charge in [0, 0.05) is 30.9 Å². The van der Waals surface area contributed by atoms with Crippen LogP contribution in [0.15, 0.2) is 59.8 Å². The molecule has 2 aliphatic rings. The molecule has 174 valence electrons. The summed E-state index contributed by atoms with van der Waals surface area (Å²) >= 11 is 0. The molecule has 34 heavy (non-hydrogen) atoms. The molecule has 0 fully saturated rings. The number of carbonyl (C=O) groups excluding carboxylic acids is 3. The summed E-state index contributed by atoms with van der Waals surface area (Å²) in [6.45, 7) is 1.46. The number of aliphatic carboxylic acids is 1. The van der Waals surface area contributed by atoms with Crippen molar-refractivity contribution in [1.29, 1.82) is 0 Å². The van der Waals surface area contributed by atoms with Crippen molar-refractivity contribution >= 4 is 29.5 Å². The molecule has 0 radical (unpaired) electrons. The van der Waals surface area contributed by atoms with E-state index in [4.69, 9.17) is 0 Å². The van der Waals surface area contributed by atoms with Gasteiger partial charge in [0.1, 0.15) is 0 Å². The number of imide groups is 1. The van der Waals surface area contributed by atoms with Crippen molar-refractivity contribution in [2.45, 2.75) is 19.4 Å². The number of fused-ring (bicyclic) bond motifs is 1. The van der Waals surface area contributed by atoms with E-state index in [0.717, 1.165) is 4.90 Å². The Hall–Kier alpha value is -4.54. The zero-order valence-electron chi connectivity index (χ0n) is 18.1. The van der Waals surface area contributed by atoms with Gasteiger partial charge in [0.2, 0.25) is 0 Å². The lowest BCUT2D eigenvalue weighted by molar-refractivity contribution is -0.384. The van der Waals surface area contributed by atoms with Crippen molar-refractivity contribution in [2.75, 3.05) is 13.1 Å². The average molecular weight is 464 g/mol. The highest BCUT2D eigenvalue weighted by atomic mass is 16.6. The highest BCUT2D eigenvalue weighted by molar-refractivity contribution is 6.21. The fourth-order valence-electron chi connectivity index (χ4n) is 4.28. The number of carboxylic acids is 1. The molecule has 1 unspecified atom stereocenters. The number of nitrogens with one attached hydrogen (secondary N) is 1. The SMILES string of the molecule is CC1=C(C(=O)O)C(c2cccc([N+](=O)[O-])c2)N(CCCN2C(=O)c3ccccc3C2=O)C(=O)N1. The minimum absolute atomic E-state index is 0.00332. The lowest BCUT2D eigenvalue weighted by Gasteiger charge is -2.37. The van der Waals surface area contributed by atoms with Crippen LogP contribution in [0.3, 0.4) is 0 Å². The van der Waals surface area contributed by atoms with Crippen LogP contribution < -0.4 is 5.32 Å². The summed E-state index contributed by atoms with van der Waals surface area (Å²) in [5.74, 6) is -2.14. The van der Waals surface area contributed by atoms with Gasteiger partial charge in [-0.05, 0) is 31.0 Å². The van der Waals surface area contributed by atoms with Gasteiger partial charge in [0.25, 0.3) is 17.5 Å². The molecule has 2 aromatic rings. The number of carbonyl (C=O) groups is 4. The fraction of sp³-hybridized carbons (Fsp3) is 0.217. The number of allylic oxidation sites excluding steroid dienone is 1. The molecule has 2 aliphatic heterocycles. The smallest absolute Gasteiger partial charge is 0.335 e. The number of hydrogen-bond acceptors (Lipinski definition) is 6. The first-order valence-corrected chi connectivity index (χ1v) is 10.4. The van der Waals surface area contributed by atoms with E-state index < -0.39 is 34.8 Å². The molecule has 1 atom stereocenters. The normalized spacial score (nSPS) is 17.7. The van der Waals surface area contributed by atoms with Gasteiger partial charge in [-0.2, -0.15) is 0 Å². The summed E-state index contributed by atoms with van der Waals surface area (Å²) < 4.78 is 0. The van der Waals surface area contributed by atoms with E-state index in [1.165, 1.54) is 36.1 Å². The van der Waals surface area contributed by atoms with E-state index in [1.807, 2.05) is 0 Å². The van der Waals surface area contributed by atoms with Crippen molar-refractivity contribution in [1.82, 2.24) is 15.1 Å². The largest absolute Gasteiger partial charge is 0.478 e. The number of carboxylic acid groups (broad SMARTS) is 1. The Morgan fingerprint density at radius 2 is 1.71 bits per heavy atom. The maximum Gasteiger partial charge on any atom is 0.335 e. The predicted octanol–water partition coefficient (Wildman–Crippen LogP) is 2.71. The molecule has 4 amide bonds. The van der Waals surface area contributed by atoms with Crippen molar-refractivity contribution in [3.63, 3.8) is 0 Å². The van der Waals surface area contributed by atoms with Crippen LogP contribution >= 0.6 is 0 Å². The van der Waals surface area contributed by atoms with Crippen molar-refractivity contribution < 1.29 is 29.2 Å². The standard InChI is InChI=1S/C23H20N4O7/c1-13-18(22(30)31)19(14-6-4-7-15(12-14)27(33)34)25(23(32)24-13)10-5-11-26-20(28)16-8-2-3-9-17(16)21(26)29/h2-4,6-9,12,19H,5,10-11H2,1H3,(H,24,32)(H,30,31). The quantitative estimate of drug-likeness (QED) is 0.363. The van der Waals surface area contributed by atoms with Gasteiger partial charge in [0.05, 0.1) is 27.7 Å². The van der Waals surface area contributed by atoms with Gasteiger partial charge >= 0.3 is 12.0 Å². The first-order chi connectivity index (χ1) is 16.2. The van der Waals surface area contributed by atoms with Crippen LogP contribution in [0, 0.1) is 10.1 Å². The highest BCUT2D eigenvalue weighted by Gasteiger charge is 2.39. The van der Waals surface area contributed by atoms with Crippen molar-refractivity contribution in [2.24, 2.45) is 0 Å². The third kappa shape index (κ3) is 3.87. The van der Waals surface area contributed by atoms with E-state index in [-0.39, 0.29) is 42.0 Å². The molecule has 11 nitrogen and oxygen atoms in total. The first kappa shape index (κ1) is 22.6. The number of benzene rings is 2. The van der Waals surface area contributed by atoms with E-state index in [9.17, 15) is 34.4 Å². The molecular weight excluding hydrogens is 444 g/mol. The molecule has 0 aliphatic carbocycles. The summed E-state index contributed by atoms with van der Waals surface area (Å²) in [7, 11) is 0. The summed E-state index contributed by atoms with van der Waals surface area (Å²) in [6, 6.07) is 10.2. The number of nitro benzene ring substituents is 1. The molecule has 2 N–H and O–H groups in total. The summed E-state index contributed by atoms with van der Waals surface area (Å²) in [5.41, 5.74) is 0.652. The molecule has 2 heterocycles. The van der Waals surface area contributed by atoms with Crippen LogP contribution in [-0.4, -0.2) is 56.7 Å². The third-order valence-electron chi connectivity index (χ3n) is 5.83. The summed E-state index contributed by atoms with van der Waals surface area (Å²) in [6.07, 6.45) is 0.177. The van der Waals surface area contributed by atoms with Crippen LogP contribution in [0.5, 0.6) is 0 Å². The zero-order chi connectivity index (χ0) is 24.6. The number of rotatable bonds is 7. The van der Waals surface area contributed by atoms with Gasteiger partial charge < -0.3 is 15.3 Å². The van der Waals surface area contributed by atoms with Crippen LogP contribution in [0.2, 0.25) is 0 Å². The van der Waals surface area contributed by atoms with E-state index in [2.05, 4.69) is 5.32 Å². The van der Waals surface area contributed by atoms with Crippen LogP contribution in [-0.2, 0) is 4.79 Å². The second kappa shape index (κ2) is 8.77. The number of nitro groups is 1. The van der Waals surface area contributed by atoms with Gasteiger partial charge in [-0.25, -0.2) is 9.59 Å². The minimum atomic E-state index is -1.28. The lowest BCUT2D eigenvalue weighted by Crippen LogP contribution is -2.49. The monoisotopic (exact) mass is 464 g/mol. The summed E-state index contributed by atoms with van der Waals surface area (Å²) in [4.78, 5) is 63.0. The molecule has 0 saturated heterocycles. The van der Waals surface area contributed by atoms with Crippen molar-refractivity contribution in [3.8, 4) is 0 Å². The van der Waals surface area contributed by atoms with Gasteiger partial charge in [0.15, 0.2) is 0 Å². The van der Waals surface area contributed by atoms with Gasteiger partial charge in [-0.15, -0.1) is 0 Å². The Labute approximate surface area is 193 Å². The average Bonchev–Trinajstić information content (AvgIpc) is 3.04. The molecule has 0 spiro atoms. The zero-order valence-corrected chi connectivity index (χ0v) is 18.1. The third-order valence-corrected chi connectivity index (χ3v) is 5.83.